The first-order valence-corrected chi connectivity index (χ1v) is 13.1. The second-order valence-electron chi connectivity index (χ2n) is 11.0. The largest absolute Gasteiger partial charge is 0.478 e. The highest BCUT2D eigenvalue weighted by molar-refractivity contribution is 6.13. The minimum atomic E-state index is -1.06. The van der Waals surface area contributed by atoms with E-state index in [0.717, 1.165) is 48.3 Å². The molecule has 0 heterocycles. The Morgan fingerprint density at radius 3 is 2.00 bits per heavy atom. The van der Waals surface area contributed by atoms with Crippen LogP contribution in [-0.4, -0.2) is 49.8 Å². The molecule has 0 spiro atoms. The maximum Gasteiger partial charge on any atom is 0.335 e. The smallest absolute Gasteiger partial charge is 0.335 e. The van der Waals surface area contributed by atoms with E-state index < -0.39 is 5.97 Å². The normalized spacial score (nSPS) is 25.7. The molecule has 0 radical (unpaired) electrons. The van der Waals surface area contributed by atoms with Gasteiger partial charge in [0.05, 0.1) is 25.2 Å². The van der Waals surface area contributed by atoms with Gasteiger partial charge in [0.1, 0.15) is 5.75 Å². The molecule has 0 aliphatic heterocycles. The van der Waals surface area contributed by atoms with Gasteiger partial charge in [-0.1, -0.05) is 12.1 Å². The summed E-state index contributed by atoms with van der Waals surface area (Å²) >= 11 is 0. The number of rotatable bonds is 12. The monoisotopic (exact) mass is 506 g/mol. The Balaban J connectivity index is 1.37. The molecule has 0 amide bonds. The number of ether oxygens (including phenoxy) is 3. The van der Waals surface area contributed by atoms with Crippen molar-refractivity contribution in [3.63, 3.8) is 0 Å². The number of carbonyl (C=O) groups excluding carboxylic acids is 2. The van der Waals surface area contributed by atoms with Gasteiger partial charge in [0.2, 0.25) is 0 Å². The van der Waals surface area contributed by atoms with Crippen LogP contribution in [0.3, 0.4) is 0 Å². The van der Waals surface area contributed by atoms with Gasteiger partial charge in [-0.2, -0.15) is 0 Å². The van der Waals surface area contributed by atoms with E-state index >= 15 is 0 Å². The highest BCUT2D eigenvalue weighted by atomic mass is 16.7. The lowest BCUT2D eigenvalue weighted by atomic mass is 9.48. The number of methoxy groups -OCH3 is 1. The lowest BCUT2D eigenvalue weighted by molar-refractivity contribution is -0.0189. The fourth-order valence-corrected chi connectivity index (χ4v) is 7.14. The second kappa shape index (κ2) is 10.8. The third kappa shape index (κ3) is 5.48. The van der Waals surface area contributed by atoms with Crippen LogP contribution in [0.5, 0.6) is 5.75 Å². The molecule has 4 aliphatic carbocycles. The number of Topliss-reactive ketones (excluding diaryl/α,β-unsaturated/α-hetero) is 2. The van der Waals surface area contributed by atoms with E-state index in [-0.39, 0.29) is 35.8 Å². The van der Waals surface area contributed by atoms with E-state index in [2.05, 4.69) is 0 Å². The lowest BCUT2D eigenvalue weighted by Gasteiger charge is -2.57. The minimum absolute atomic E-state index is 0.00355. The molecule has 7 heteroatoms. The summed E-state index contributed by atoms with van der Waals surface area (Å²) in [6.45, 7) is 1.04. The van der Waals surface area contributed by atoms with Gasteiger partial charge in [-0.05, 0) is 92.0 Å². The summed E-state index contributed by atoms with van der Waals surface area (Å²) in [5.74, 6) is 1.31. The zero-order valence-corrected chi connectivity index (χ0v) is 21.2. The Hall–Kier alpha value is -3.03. The van der Waals surface area contributed by atoms with Crippen LogP contribution < -0.4 is 4.74 Å². The van der Waals surface area contributed by atoms with Crippen LogP contribution in [-0.2, 0) is 14.9 Å². The number of hydrogen-bond acceptors (Lipinski definition) is 6. The zero-order chi connectivity index (χ0) is 26.0. The highest BCUT2D eigenvalue weighted by Gasteiger charge is 2.52. The maximum absolute atomic E-state index is 13.2. The van der Waals surface area contributed by atoms with E-state index in [1.165, 1.54) is 43.5 Å². The molecule has 196 valence electrons. The molecule has 1 N–H and O–H groups in total. The van der Waals surface area contributed by atoms with Crippen molar-refractivity contribution in [3.05, 3.63) is 64.7 Å². The van der Waals surface area contributed by atoms with Gasteiger partial charge in [-0.3, -0.25) is 9.59 Å². The van der Waals surface area contributed by atoms with Crippen LogP contribution in [0.2, 0.25) is 0 Å². The summed E-state index contributed by atoms with van der Waals surface area (Å²) in [6.07, 6.45) is 7.01. The first-order chi connectivity index (χ1) is 17.9. The van der Waals surface area contributed by atoms with Crippen LogP contribution in [0.1, 0.15) is 81.6 Å². The van der Waals surface area contributed by atoms with E-state index in [4.69, 9.17) is 19.3 Å². The summed E-state index contributed by atoms with van der Waals surface area (Å²) in [7, 11) is 1.63. The number of ketones is 2. The molecular formula is C30H34O7. The van der Waals surface area contributed by atoms with Gasteiger partial charge < -0.3 is 19.3 Å². The molecule has 0 atom stereocenters. The average Bonchev–Trinajstić information content (AvgIpc) is 2.87. The van der Waals surface area contributed by atoms with Crippen molar-refractivity contribution in [3.8, 4) is 5.75 Å². The third-order valence-corrected chi connectivity index (χ3v) is 8.42. The average molecular weight is 507 g/mol. The minimum Gasteiger partial charge on any atom is -0.478 e. The Labute approximate surface area is 217 Å². The standard InChI is InChI=1S/C30H34O7/c1-35-8-9-36-18-37-28-7-6-24(27(32)14-26(31)22-2-4-23(5-3-22)29(33)34)13-25(28)30-15-19-10-20(16-30)12-21(11-19)17-30/h2-7,13,19-21H,8-12,14-18H2,1H3,(H,33,34). The molecular weight excluding hydrogens is 472 g/mol. The van der Waals surface area contributed by atoms with Gasteiger partial charge in [0, 0.05) is 23.8 Å². The molecule has 0 saturated heterocycles. The summed E-state index contributed by atoms with van der Waals surface area (Å²) in [5.41, 5.74) is 2.02. The number of carboxylic acids is 1. The van der Waals surface area contributed by atoms with E-state index in [9.17, 15) is 14.4 Å². The molecule has 4 bridgehead atoms. The van der Waals surface area contributed by atoms with Crippen LogP contribution >= 0.6 is 0 Å². The topological polar surface area (TPSA) is 99.1 Å². The van der Waals surface area contributed by atoms with Crippen molar-refractivity contribution in [2.24, 2.45) is 17.8 Å². The van der Waals surface area contributed by atoms with Crippen molar-refractivity contribution in [2.45, 2.75) is 50.4 Å². The number of aromatic carboxylic acids is 1. The predicted octanol–water partition coefficient (Wildman–Crippen LogP) is 5.31. The Kier molecular flexibility index (Phi) is 7.45. The molecule has 4 fully saturated rings. The Morgan fingerprint density at radius 2 is 1.41 bits per heavy atom. The number of carbonyl (C=O) groups is 3. The molecule has 0 aromatic heterocycles. The van der Waals surface area contributed by atoms with Crippen LogP contribution in [0.4, 0.5) is 0 Å². The Morgan fingerprint density at radius 1 is 0.838 bits per heavy atom. The summed E-state index contributed by atoms with van der Waals surface area (Å²) in [5, 5.41) is 9.07. The Bertz CT molecular complexity index is 1130. The van der Waals surface area contributed by atoms with Crippen molar-refractivity contribution in [2.75, 3.05) is 27.1 Å². The fourth-order valence-electron chi connectivity index (χ4n) is 7.14. The van der Waals surface area contributed by atoms with Gasteiger partial charge in [-0.15, -0.1) is 0 Å². The molecule has 2 aromatic rings. The molecule has 4 saturated carbocycles. The molecule has 7 nitrogen and oxygen atoms in total. The fraction of sp³-hybridized carbons (Fsp3) is 0.500. The molecule has 37 heavy (non-hydrogen) atoms. The predicted molar refractivity (Wildman–Crippen MR) is 136 cm³/mol. The lowest BCUT2D eigenvalue weighted by Crippen LogP contribution is -2.48. The van der Waals surface area contributed by atoms with Gasteiger partial charge in [-0.25, -0.2) is 4.79 Å². The van der Waals surface area contributed by atoms with Gasteiger partial charge >= 0.3 is 5.97 Å². The molecule has 2 aromatic carbocycles. The summed E-state index contributed by atoms with van der Waals surface area (Å²) < 4.78 is 16.7. The van der Waals surface area contributed by atoms with Crippen LogP contribution in [0.25, 0.3) is 0 Å². The maximum atomic E-state index is 13.2. The zero-order valence-electron chi connectivity index (χ0n) is 21.2. The number of benzene rings is 2. The van der Waals surface area contributed by atoms with E-state index in [0.29, 0.717) is 24.3 Å². The third-order valence-electron chi connectivity index (χ3n) is 8.42. The van der Waals surface area contributed by atoms with Crippen molar-refractivity contribution in [1.82, 2.24) is 0 Å². The second-order valence-corrected chi connectivity index (χ2v) is 11.0. The SMILES string of the molecule is COCCOCOc1ccc(C(=O)CC(=O)c2ccc(C(=O)O)cc2)cc1C12CC3CC(CC(C3)C1)C2. The quantitative estimate of drug-likeness (QED) is 0.180. The van der Waals surface area contributed by atoms with Crippen molar-refractivity contribution >= 4 is 17.5 Å². The van der Waals surface area contributed by atoms with E-state index in [1.807, 2.05) is 12.1 Å². The van der Waals surface area contributed by atoms with Crippen LogP contribution in [0.15, 0.2) is 42.5 Å². The first-order valence-electron chi connectivity index (χ1n) is 13.1. The molecule has 0 unspecified atom stereocenters. The first kappa shape index (κ1) is 25.6. The number of hydrogen-bond donors (Lipinski definition) is 1. The van der Waals surface area contributed by atoms with Crippen LogP contribution in [0, 0.1) is 17.8 Å². The van der Waals surface area contributed by atoms with Gasteiger partial charge in [0.25, 0.3) is 0 Å². The summed E-state index contributed by atoms with van der Waals surface area (Å²) in [6, 6.07) is 11.2. The van der Waals surface area contributed by atoms with Crippen molar-refractivity contribution in [1.29, 1.82) is 0 Å². The summed E-state index contributed by atoms with van der Waals surface area (Å²) in [4.78, 5) is 37.1. The molecule has 6 rings (SSSR count). The number of carboxylic acid groups (broad SMARTS) is 1. The van der Waals surface area contributed by atoms with Gasteiger partial charge in [0.15, 0.2) is 18.4 Å². The van der Waals surface area contributed by atoms with E-state index in [1.54, 1.807) is 13.2 Å². The molecule has 4 aliphatic rings. The highest BCUT2D eigenvalue weighted by Crippen LogP contribution is 2.62. The van der Waals surface area contributed by atoms with Crippen molar-refractivity contribution < 1.29 is 33.7 Å².